The second kappa shape index (κ2) is 10.5. The molecule has 2 N–H and O–H groups in total. The van der Waals surface area contributed by atoms with Crippen LogP contribution in [0.3, 0.4) is 0 Å². The second-order valence-corrected chi connectivity index (χ2v) is 6.50. The lowest BCUT2D eigenvalue weighted by Gasteiger charge is -2.18. The van der Waals surface area contributed by atoms with Crippen LogP contribution < -0.4 is 14.8 Å². The van der Waals surface area contributed by atoms with Crippen molar-refractivity contribution in [2.45, 2.75) is 46.1 Å². The maximum Gasteiger partial charge on any atom is 0.225 e. The SMILES string of the molecule is CCCOc1ccc(C(C)NC(=O)Cc2ccccc2O)cc1OCCC. The van der Waals surface area contributed by atoms with E-state index in [2.05, 4.69) is 19.2 Å². The lowest BCUT2D eigenvalue weighted by Crippen LogP contribution is -2.28. The Labute approximate surface area is 161 Å². The van der Waals surface area contributed by atoms with E-state index < -0.39 is 0 Å². The summed E-state index contributed by atoms with van der Waals surface area (Å²) in [6.07, 6.45) is 1.96. The van der Waals surface area contributed by atoms with Crippen LogP contribution in [-0.2, 0) is 11.2 Å². The highest BCUT2D eigenvalue weighted by molar-refractivity contribution is 5.79. The molecular weight excluding hydrogens is 342 g/mol. The normalized spacial score (nSPS) is 11.7. The number of carbonyl (C=O) groups is 1. The van der Waals surface area contributed by atoms with Crippen LogP contribution >= 0.6 is 0 Å². The standard InChI is InChI=1S/C22H29NO4/c1-4-12-26-20-11-10-17(14-21(20)27-13-5-2)16(3)23-22(25)15-18-8-6-7-9-19(18)24/h6-11,14,16,24H,4-5,12-13,15H2,1-3H3,(H,23,25). The summed E-state index contributed by atoms with van der Waals surface area (Å²) in [4.78, 5) is 12.3. The van der Waals surface area contributed by atoms with Crippen LogP contribution in [0, 0.1) is 0 Å². The van der Waals surface area contributed by atoms with Crippen LogP contribution in [0.5, 0.6) is 17.2 Å². The number of phenolic OH excluding ortho intramolecular Hbond substituents is 1. The second-order valence-electron chi connectivity index (χ2n) is 6.50. The van der Waals surface area contributed by atoms with E-state index in [0.29, 0.717) is 24.5 Å². The zero-order chi connectivity index (χ0) is 19.6. The number of ether oxygens (including phenoxy) is 2. The molecule has 0 fully saturated rings. The molecule has 5 nitrogen and oxygen atoms in total. The summed E-state index contributed by atoms with van der Waals surface area (Å²) < 4.78 is 11.6. The van der Waals surface area contributed by atoms with Crippen molar-refractivity contribution < 1.29 is 19.4 Å². The number of nitrogens with one attached hydrogen (secondary N) is 1. The number of hydrogen-bond acceptors (Lipinski definition) is 4. The molecule has 0 bridgehead atoms. The van der Waals surface area contributed by atoms with Crippen molar-refractivity contribution >= 4 is 5.91 Å². The van der Waals surface area contributed by atoms with E-state index >= 15 is 0 Å². The Kier molecular flexibility index (Phi) is 7.99. The summed E-state index contributed by atoms with van der Waals surface area (Å²) in [5.74, 6) is 1.41. The Balaban J connectivity index is 2.06. The van der Waals surface area contributed by atoms with Crippen molar-refractivity contribution in [1.82, 2.24) is 5.32 Å². The molecule has 0 heterocycles. The molecule has 2 aromatic carbocycles. The predicted octanol–water partition coefficient (Wildman–Crippen LogP) is 4.39. The first-order valence-electron chi connectivity index (χ1n) is 9.50. The highest BCUT2D eigenvalue weighted by Crippen LogP contribution is 2.31. The van der Waals surface area contributed by atoms with E-state index in [9.17, 15) is 9.90 Å². The molecule has 0 aromatic heterocycles. The number of para-hydroxylation sites is 1. The lowest BCUT2D eigenvalue weighted by atomic mass is 10.1. The fourth-order valence-electron chi connectivity index (χ4n) is 2.66. The van der Waals surface area contributed by atoms with Gasteiger partial charge < -0.3 is 19.9 Å². The van der Waals surface area contributed by atoms with Crippen molar-refractivity contribution in [1.29, 1.82) is 0 Å². The Morgan fingerprint density at radius 3 is 2.37 bits per heavy atom. The molecule has 0 saturated carbocycles. The summed E-state index contributed by atoms with van der Waals surface area (Å²) >= 11 is 0. The van der Waals surface area contributed by atoms with Crippen molar-refractivity contribution in [3.8, 4) is 17.2 Å². The van der Waals surface area contributed by atoms with Gasteiger partial charge in [-0.1, -0.05) is 38.1 Å². The van der Waals surface area contributed by atoms with E-state index in [1.165, 1.54) is 0 Å². The molecule has 27 heavy (non-hydrogen) atoms. The van der Waals surface area contributed by atoms with E-state index in [1.54, 1.807) is 24.3 Å². The van der Waals surface area contributed by atoms with Gasteiger partial charge in [0, 0.05) is 5.56 Å². The Hall–Kier alpha value is -2.69. The Morgan fingerprint density at radius 2 is 1.70 bits per heavy atom. The van der Waals surface area contributed by atoms with E-state index in [0.717, 1.165) is 24.2 Å². The van der Waals surface area contributed by atoms with Crippen molar-refractivity contribution in [2.75, 3.05) is 13.2 Å². The lowest BCUT2D eigenvalue weighted by molar-refractivity contribution is -0.121. The van der Waals surface area contributed by atoms with Gasteiger partial charge >= 0.3 is 0 Å². The van der Waals surface area contributed by atoms with Crippen LogP contribution in [0.15, 0.2) is 42.5 Å². The van der Waals surface area contributed by atoms with E-state index in [1.807, 2.05) is 25.1 Å². The molecule has 146 valence electrons. The first kappa shape index (κ1) is 20.6. The molecule has 1 unspecified atom stereocenters. The summed E-state index contributed by atoms with van der Waals surface area (Å²) in [6, 6.07) is 12.4. The number of amides is 1. The first-order chi connectivity index (χ1) is 13.0. The fraction of sp³-hybridized carbons (Fsp3) is 0.409. The van der Waals surface area contributed by atoms with Gasteiger partial charge in [0.05, 0.1) is 25.7 Å². The molecule has 0 aliphatic heterocycles. The Morgan fingerprint density at radius 1 is 1.04 bits per heavy atom. The van der Waals surface area contributed by atoms with Gasteiger partial charge in [-0.3, -0.25) is 4.79 Å². The predicted molar refractivity (Wildman–Crippen MR) is 106 cm³/mol. The van der Waals surface area contributed by atoms with Gasteiger partial charge in [0.15, 0.2) is 11.5 Å². The fourth-order valence-corrected chi connectivity index (χ4v) is 2.66. The minimum absolute atomic E-state index is 0.132. The average molecular weight is 371 g/mol. The maximum atomic E-state index is 12.3. The quantitative estimate of drug-likeness (QED) is 0.650. The Bertz CT molecular complexity index is 745. The molecule has 2 rings (SSSR count). The average Bonchev–Trinajstić information content (AvgIpc) is 2.66. The minimum Gasteiger partial charge on any atom is -0.508 e. The van der Waals surface area contributed by atoms with E-state index in [4.69, 9.17) is 9.47 Å². The number of carbonyl (C=O) groups excluding carboxylic acids is 1. The highest BCUT2D eigenvalue weighted by Gasteiger charge is 2.14. The van der Waals surface area contributed by atoms with Crippen molar-refractivity contribution in [3.05, 3.63) is 53.6 Å². The van der Waals surface area contributed by atoms with Gasteiger partial charge in [-0.2, -0.15) is 0 Å². The maximum absolute atomic E-state index is 12.3. The molecule has 0 aliphatic carbocycles. The molecule has 0 saturated heterocycles. The van der Waals surface area contributed by atoms with Gasteiger partial charge in [-0.05, 0) is 43.5 Å². The molecule has 1 atom stereocenters. The van der Waals surface area contributed by atoms with Gasteiger partial charge in [-0.25, -0.2) is 0 Å². The van der Waals surface area contributed by atoms with Crippen LogP contribution in [0.25, 0.3) is 0 Å². The van der Waals surface area contributed by atoms with Crippen LogP contribution in [-0.4, -0.2) is 24.2 Å². The number of benzene rings is 2. The number of rotatable bonds is 10. The zero-order valence-corrected chi connectivity index (χ0v) is 16.3. The molecule has 2 aromatic rings. The first-order valence-corrected chi connectivity index (χ1v) is 9.50. The van der Waals surface area contributed by atoms with Crippen molar-refractivity contribution in [3.63, 3.8) is 0 Å². The van der Waals surface area contributed by atoms with Gasteiger partial charge in [-0.15, -0.1) is 0 Å². The molecule has 0 spiro atoms. The monoisotopic (exact) mass is 371 g/mol. The zero-order valence-electron chi connectivity index (χ0n) is 16.3. The number of hydrogen-bond donors (Lipinski definition) is 2. The number of aromatic hydroxyl groups is 1. The van der Waals surface area contributed by atoms with Crippen LogP contribution in [0.1, 0.15) is 50.8 Å². The van der Waals surface area contributed by atoms with Gasteiger partial charge in [0.25, 0.3) is 0 Å². The van der Waals surface area contributed by atoms with E-state index in [-0.39, 0.29) is 24.1 Å². The molecule has 1 amide bonds. The molecule has 0 radical (unpaired) electrons. The van der Waals surface area contributed by atoms with Gasteiger partial charge in [0.2, 0.25) is 5.91 Å². The van der Waals surface area contributed by atoms with Gasteiger partial charge in [0.1, 0.15) is 5.75 Å². The van der Waals surface area contributed by atoms with Crippen LogP contribution in [0.4, 0.5) is 0 Å². The molecule has 0 aliphatic rings. The van der Waals surface area contributed by atoms with Crippen LogP contribution in [0.2, 0.25) is 0 Å². The smallest absolute Gasteiger partial charge is 0.225 e. The van der Waals surface area contributed by atoms with Crippen molar-refractivity contribution in [2.24, 2.45) is 0 Å². The number of phenols is 1. The minimum atomic E-state index is -0.187. The summed E-state index contributed by atoms with van der Waals surface area (Å²) in [6.45, 7) is 7.28. The topological polar surface area (TPSA) is 67.8 Å². The third-order valence-corrected chi connectivity index (χ3v) is 4.11. The summed E-state index contributed by atoms with van der Waals surface area (Å²) in [5.41, 5.74) is 1.55. The summed E-state index contributed by atoms with van der Waals surface area (Å²) in [5, 5.41) is 12.8. The highest BCUT2D eigenvalue weighted by atomic mass is 16.5. The summed E-state index contributed by atoms with van der Waals surface area (Å²) in [7, 11) is 0. The molecule has 5 heteroatoms. The largest absolute Gasteiger partial charge is 0.508 e. The third kappa shape index (κ3) is 6.20. The third-order valence-electron chi connectivity index (χ3n) is 4.11. The molecular formula is C22H29NO4.